The van der Waals surface area contributed by atoms with E-state index in [4.69, 9.17) is 0 Å². The van der Waals surface area contributed by atoms with Crippen LogP contribution < -0.4 is 10.6 Å². The van der Waals surface area contributed by atoms with E-state index in [9.17, 15) is 4.79 Å². The molecule has 0 fully saturated rings. The van der Waals surface area contributed by atoms with Crippen molar-refractivity contribution in [2.24, 2.45) is 4.99 Å². The van der Waals surface area contributed by atoms with Gasteiger partial charge in [0.25, 0.3) is 0 Å². The maximum Gasteiger partial charge on any atom is 0.240 e. The Morgan fingerprint density at radius 3 is 2.25 bits per heavy atom. The third-order valence-corrected chi connectivity index (χ3v) is 3.18. The van der Waals surface area contributed by atoms with Gasteiger partial charge in [-0.3, -0.25) is 0 Å². The Kier molecular flexibility index (Phi) is 4.53. The van der Waals surface area contributed by atoms with Crippen molar-refractivity contribution >= 4 is 23.1 Å². The highest BCUT2D eigenvalue weighted by atomic mass is 16.1. The topological polar surface area (TPSA) is 53.5 Å². The number of nitrogens with zero attached hydrogens (tertiary/aromatic N) is 1. The molecule has 2 N–H and O–H groups in total. The van der Waals surface area contributed by atoms with Gasteiger partial charge >= 0.3 is 0 Å². The molecule has 20 heavy (non-hydrogen) atoms. The zero-order valence-electron chi connectivity index (χ0n) is 11.6. The summed E-state index contributed by atoms with van der Waals surface area (Å²) in [5.41, 5.74) is 4.83. The lowest BCUT2D eigenvalue weighted by Gasteiger charge is -2.08. The summed E-state index contributed by atoms with van der Waals surface area (Å²) in [6.07, 6.45) is 2.35. The van der Waals surface area contributed by atoms with Crippen molar-refractivity contribution in [2.75, 3.05) is 24.7 Å². The van der Waals surface area contributed by atoms with Gasteiger partial charge in [0.1, 0.15) is 0 Å². The van der Waals surface area contributed by atoms with Gasteiger partial charge in [0.15, 0.2) is 0 Å². The molecule has 102 valence electrons. The van der Waals surface area contributed by atoms with Crippen LogP contribution in [0.25, 0.3) is 0 Å². The maximum atomic E-state index is 10.5. The van der Waals surface area contributed by atoms with Gasteiger partial charge in [-0.05, 0) is 41.8 Å². The summed E-state index contributed by atoms with van der Waals surface area (Å²) in [5, 5.41) is 6.12. The first-order valence-corrected chi connectivity index (χ1v) is 6.42. The number of carbonyl (C=O) groups excluding carboxylic acids is 1. The molecule has 4 nitrogen and oxygen atoms in total. The van der Waals surface area contributed by atoms with E-state index in [2.05, 4.69) is 27.8 Å². The van der Waals surface area contributed by atoms with Gasteiger partial charge in [-0.15, -0.1) is 0 Å². The van der Waals surface area contributed by atoms with Crippen LogP contribution in [0.1, 0.15) is 11.1 Å². The highest BCUT2D eigenvalue weighted by molar-refractivity contribution is 5.62. The standard InChI is InChI=1S/C16H17N3O/c1-17-14-6-3-12(4-7-14)9-13-5-8-15(18-2)10-16(13)19-11-20/h3-8,10,17-18H,9H2,1-2H3. The predicted molar refractivity (Wildman–Crippen MR) is 82.6 cm³/mol. The summed E-state index contributed by atoms with van der Waals surface area (Å²) >= 11 is 0. The lowest BCUT2D eigenvalue weighted by molar-refractivity contribution is 0.565. The first kappa shape index (κ1) is 13.8. The molecule has 0 heterocycles. The first-order valence-electron chi connectivity index (χ1n) is 6.42. The summed E-state index contributed by atoms with van der Waals surface area (Å²) in [7, 11) is 3.72. The summed E-state index contributed by atoms with van der Waals surface area (Å²) in [5.74, 6) is 0. The van der Waals surface area contributed by atoms with Gasteiger partial charge in [-0.25, -0.2) is 4.79 Å². The van der Waals surface area contributed by atoms with Crippen molar-refractivity contribution in [1.29, 1.82) is 0 Å². The Labute approximate surface area is 118 Å². The van der Waals surface area contributed by atoms with Gasteiger partial charge in [0.2, 0.25) is 6.08 Å². The van der Waals surface area contributed by atoms with Crippen molar-refractivity contribution in [1.82, 2.24) is 0 Å². The molecule has 2 rings (SSSR count). The second-order valence-corrected chi connectivity index (χ2v) is 4.42. The molecule has 0 saturated heterocycles. The predicted octanol–water partition coefficient (Wildman–Crippen LogP) is 3.33. The van der Waals surface area contributed by atoms with Crippen molar-refractivity contribution in [3.63, 3.8) is 0 Å². The number of isocyanates is 1. The number of nitrogens with one attached hydrogen (secondary N) is 2. The van der Waals surface area contributed by atoms with E-state index >= 15 is 0 Å². The molecule has 2 aromatic carbocycles. The Balaban J connectivity index is 2.29. The summed E-state index contributed by atoms with van der Waals surface area (Å²) in [6.45, 7) is 0. The molecule has 0 aliphatic heterocycles. The van der Waals surface area contributed by atoms with E-state index in [0.29, 0.717) is 5.69 Å². The third-order valence-electron chi connectivity index (χ3n) is 3.18. The summed E-state index contributed by atoms with van der Waals surface area (Å²) in [4.78, 5) is 14.3. The molecule has 0 spiro atoms. The van der Waals surface area contributed by atoms with E-state index in [0.717, 1.165) is 23.4 Å². The second-order valence-electron chi connectivity index (χ2n) is 4.42. The van der Waals surface area contributed by atoms with Gasteiger partial charge in [0.05, 0.1) is 5.69 Å². The number of hydrogen-bond acceptors (Lipinski definition) is 4. The SMILES string of the molecule is CNc1ccc(Cc2ccc(NC)cc2N=C=O)cc1. The van der Waals surface area contributed by atoms with E-state index in [-0.39, 0.29) is 0 Å². The van der Waals surface area contributed by atoms with E-state index in [1.54, 1.807) is 6.08 Å². The third kappa shape index (κ3) is 3.25. The molecule has 0 unspecified atom stereocenters. The minimum absolute atomic E-state index is 0.657. The number of rotatable bonds is 5. The van der Waals surface area contributed by atoms with Crippen LogP contribution in [0, 0.1) is 0 Å². The van der Waals surface area contributed by atoms with Crippen LogP contribution in [0.2, 0.25) is 0 Å². The molecule has 0 aliphatic rings. The highest BCUT2D eigenvalue weighted by Crippen LogP contribution is 2.26. The monoisotopic (exact) mass is 267 g/mol. The van der Waals surface area contributed by atoms with Crippen LogP contribution in [-0.2, 0) is 11.2 Å². The van der Waals surface area contributed by atoms with Gasteiger partial charge in [0, 0.05) is 25.5 Å². The van der Waals surface area contributed by atoms with Gasteiger partial charge in [-0.2, -0.15) is 4.99 Å². The lowest BCUT2D eigenvalue weighted by Crippen LogP contribution is -1.93. The molecule has 0 radical (unpaired) electrons. The van der Waals surface area contributed by atoms with Gasteiger partial charge in [-0.1, -0.05) is 18.2 Å². The molecule has 2 aromatic rings. The average molecular weight is 267 g/mol. The van der Waals surface area contributed by atoms with Crippen LogP contribution in [0.4, 0.5) is 17.1 Å². The van der Waals surface area contributed by atoms with E-state index in [1.165, 1.54) is 5.56 Å². The Hall–Kier alpha value is -2.58. The fourth-order valence-electron chi connectivity index (χ4n) is 2.03. The minimum atomic E-state index is 0.657. The zero-order chi connectivity index (χ0) is 14.4. The molecule has 4 heteroatoms. The number of hydrogen-bond donors (Lipinski definition) is 2. The van der Waals surface area contributed by atoms with Crippen molar-refractivity contribution < 1.29 is 4.79 Å². The molecule has 0 bridgehead atoms. The summed E-state index contributed by atoms with van der Waals surface area (Å²) < 4.78 is 0. The molecule has 0 atom stereocenters. The van der Waals surface area contributed by atoms with Crippen LogP contribution in [0.15, 0.2) is 47.5 Å². The number of aliphatic imine (C=N–C) groups is 1. The molecular weight excluding hydrogens is 250 g/mol. The van der Waals surface area contributed by atoms with Crippen LogP contribution in [-0.4, -0.2) is 20.2 Å². The largest absolute Gasteiger partial charge is 0.388 e. The van der Waals surface area contributed by atoms with Crippen LogP contribution in [0.5, 0.6) is 0 Å². The van der Waals surface area contributed by atoms with E-state index < -0.39 is 0 Å². The molecule has 0 amide bonds. The fourth-order valence-corrected chi connectivity index (χ4v) is 2.03. The summed E-state index contributed by atoms with van der Waals surface area (Å²) in [6, 6.07) is 14.0. The lowest BCUT2D eigenvalue weighted by atomic mass is 10.0. The highest BCUT2D eigenvalue weighted by Gasteiger charge is 2.04. The van der Waals surface area contributed by atoms with Crippen LogP contribution >= 0.6 is 0 Å². The first-order chi connectivity index (χ1) is 9.76. The normalized spacial score (nSPS) is 9.70. The van der Waals surface area contributed by atoms with Crippen molar-refractivity contribution in [2.45, 2.75) is 6.42 Å². The molecule has 0 aliphatic carbocycles. The van der Waals surface area contributed by atoms with Crippen LogP contribution in [0.3, 0.4) is 0 Å². The van der Waals surface area contributed by atoms with E-state index in [1.807, 2.05) is 44.4 Å². The Bertz CT molecular complexity index is 629. The minimum Gasteiger partial charge on any atom is -0.388 e. The second kappa shape index (κ2) is 6.55. The molecule has 0 saturated carbocycles. The molecule has 0 aromatic heterocycles. The average Bonchev–Trinajstić information content (AvgIpc) is 2.50. The zero-order valence-corrected chi connectivity index (χ0v) is 11.6. The van der Waals surface area contributed by atoms with Crippen molar-refractivity contribution in [3.05, 3.63) is 53.6 Å². The maximum absolute atomic E-state index is 10.5. The molecular formula is C16H17N3O. The van der Waals surface area contributed by atoms with Crippen molar-refractivity contribution in [3.8, 4) is 0 Å². The smallest absolute Gasteiger partial charge is 0.240 e. The number of benzene rings is 2. The fraction of sp³-hybridized carbons (Fsp3) is 0.188. The van der Waals surface area contributed by atoms with Gasteiger partial charge < -0.3 is 10.6 Å². The quantitative estimate of drug-likeness (QED) is 0.645. The Morgan fingerprint density at radius 2 is 1.65 bits per heavy atom. The Morgan fingerprint density at radius 1 is 1.00 bits per heavy atom. The number of anilines is 2.